The molecule has 7 heteroatoms. The van der Waals surface area contributed by atoms with Crippen molar-refractivity contribution in [2.24, 2.45) is 0 Å². The third kappa shape index (κ3) is 2.57. The van der Waals surface area contributed by atoms with Crippen LogP contribution in [0.15, 0.2) is 29.2 Å². The predicted octanol–water partition coefficient (Wildman–Crippen LogP) is 1.94. The molecule has 0 spiro atoms. The molecular formula is C10H7Cl2N3O2. The highest BCUT2D eigenvalue weighted by Crippen LogP contribution is 2.20. The lowest BCUT2D eigenvalue weighted by Crippen LogP contribution is -2.23. The predicted molar refractivity (Wildman–Crippen MR) is 64.2 cm³/mol. The van der Waals surface area contributed by atoms with E-state index in [2.05, 4.69) is 10.1 Å². The van der Waals surface area contributed by atoms with Crippen LogP contribution < -0.4 is 10.4 Å². The second-order valence-electron chi connectivity index (χ2n) is 3.12. The molecule has 5 nitrogen and oxygen atoms in total. The zero-order valence-corrected chi connectivity index (χ0v) is 10.2. The summed E-state index contributed by atoms with van der Waals surface area (Å²) >= 11 is 11.7. The Morgan fingerprint density at radius 1 is 1.24 bits per heavy atom. The van der Waals surface area contributed by atoms with E-state index in [1.165, 1.54) is 13.3 Å². The molecule has 0 aliphatic carbocycles. The molecule has 0 fully saturated rings. The molecule has 1 heterocycles. The van der Waals surface area contributed by atoms with E-state index >= 15 is 0 Å². The SMILES string of the molecule is COc1cnn(-c2cc(Cl)cc(Cl)c2)c(=O)n1. The molecule has 0 N–H and O–H groups in total. The van der Waals surface area contributed by atoms with Gasteiger partial charge in [0.25, 0.3) is 0 Å². The summed E-state index contributed by atoms with van der Waals surface area (Å²) < 4.78 is 5.88. The Morgan fingerprint density at radius 3 is 2.41 bits per heavy atom. The number of hydrogen-bond acceptors (Lipinski definition) is 4. The van der Waals surface area contributed by atoms with Gasteiger partial charge in [-0.25, -0.2) is 4.79 Å². The van der Waals surface area contributed by atoms with Crippen LogP contribution in [0.2, 0.25) is 10.0 Å². The van der Waals surface area contributed by atoms with Crippen molar-refractivity contribution >= 4 is 23.2 Å². The van der Waals surface area contributed by atoms with Gasteiger partial charge in [-0.15, -0.1) is 0 Å². The average molecular weight is 272 g/mol. The molecule has 2 rings (SSSR count). The number of halogens is 2. The Hall–Kier alpha value is -1.59. The molecule has 2 aromatic rings. The number of nitrogens with zero attached hydrogens (tertiary/aromatic N) is 3. The van der Waals surface area contributed by atoms with Crippen LogP contribution in [0.1, 0.15) is 0 Å². The molecule has 0 saturated heterocycles. The number of rotatable bonds is 2. The van der Waals surface area contributed by atoms with Gasteiger partial charge in [0, 0.05) is 10.0 Å². The fourth-order valence-electron chi connectivity index (χ4n) is 1.26. The molecular weight excluding hydrogens is 265 g/mol. The minimum Gasteiger partial charge on any atom is -0.480 e. The molecule has 0 aliphatic heterocycles. The smallest absolute Gasteiger partial charge is 0.372 e. The van der Waals surface area contributed by atoms with Crippen molar-refractivity contribution in [3.8, 4) is 11.6 Å². The van der Waals surface area contributed by atoms with Crippen LogP contribution in [0.4, 0.5) is 0 Å². The van der Waals surface area contributed by atoms with Crippen molar-refractivity contribution < 1.29 is 4.74 Å². The van der Waals surface area contributed by atoms with Crippen LogP contribution in [0.25, 0.3) is 5.69 Å². The highest BCUT2D eigenvalue weighted by atomic mass is 35.5. The summed E-state index contributed by atoms with van der Waals surface area (Å²) in [6.07, 6.45) is 1.33. The summed E-state index contributed by atoms with van der Waals surface area (Å²) in [7, 11) is 1.41. The van der Waals surface area contributed by atoms with E-state index < -0.39 is 5.69 Å². The summed E-state index contributed by atoms with van der Waals surface area (Å²) in [5, 5.41) is 4.73. The Balaban J connectivity index is 2.57. The van der Waals surface area contributed by atoms with Crippen molar-refractivity contribution in [3.05, 3.63) is 44.9 Å². The van der Waals surface area contributed by atoms with Crippen LogP contribution in [-0.4, -0.2) is 21.9 Å². The first-order valence-electron chi connectivity index (χ1n) is 4.57. The van der Waals surface area contributed by atoms with E-state index in [9.17, 15) is 4.79 Å². The quantitative estimate of drug-likeness (QED) is 0.838. The summed E-state index contributed by atoms with van der Waals surface area (Å²) in [4.78, 5) is 15.3. The molecule has 88 valence electrons. The van der Waals surface area contributed by atoms with Crippen molar-refractivity contribution in [1.82, 2.24) is 14.8 Å². The highest BCUT2D eigenvalue weighted by Gasteiger charge is 2.06. The Bertz CT molecular complexity index is 592. The van der Waals surface area contributed by atoms with Gasteiger partial charge in [0.05, 0.1) is 12.8 Å². The van der Waals surface area contributed by atoms with Crippen LogP contribution in [0, 0.1) is 0 Å². The third-order valence-electron chi connectivity index (χ3n) is 1.97. The molecule has 17 heavy (non-hydrogen) atoms. The number of benzene rings is 1. The van der Waals surface area contributed by atoms with Crippen LogP contribution in [0.5, 0.6) is 5.88 Å². The molecule has 0 saturated carbocycles. The fourth-order valence-corrected chi connectivity index (χ4v) is 1.78. The fraction of sp³-hybridized carbons (Fsp3) is 0.100. The topological polar surface area (TPSA) is 57.0 Å². The first-order chi connectivity index (χ1) is 8.10. The van der Waals surface area contributed by atoms with Crippen molar-refractivity contribution in [2.45, 2.75) is 0 Å². The van der Waals surface area contributed by atoms with Crippen LogP contribution >= 0.6 is 23.2 Å². The number of aromatic nitrogens is 3. The van der Waals surface area contributed by atoms with Gasteiger partial charge >= 0.3 is 5.69 Å². The van der Waals surface area contributed by atoms with E-state index in [0.717, 1.165) is 4.68 Å². The second-order valence-corrected chi connectivity index (χ2v) is 3.99. The van der Waals surface area contributed by atoms with E-state index in [1.54, 1.807) is 18.2 Å². The number of methoxy groups -OCH3 is 1. The molecule has 0 amide bonds. The van der Waals surface area contributed by atoms with E-state index in [-0.39, 0.29) is 5.88 Å². The maximum atomic E-state index is 11.6. The standard InChI is InChI=1S/C10H7Cl2N3O2/c1-17-9-5-13-15(10(16)14-9)8-3-6(11)2-7(12)4-8/h2-5H,1H3. The zero-order valence-electron chi connectivity index (χ0n) is 8.72. The molecule has 0 atom stereocenters. The molecule has 0 aliphatic rings. The maximum absolute atomic E-state index is 11.6. The maximum Gasteiger partial charge on any atom is 0.372 e. The summed E-state index contributed by atoms with van der Waals surface area (Å²) in [6, 6.07) is 4.70. The van der Waals surface area contributed by atoms with Gasteiger partial charge in [0.1, 0.15) is 6.20 Å². The molecule has 0 bridgehead atoms. The van der Waals surface area contributed by atoms with Gasteiger partial charge in [-0.05, 0) is 18.2 Å². The Kier molecular flexibility index (Phi) is 3.31. The van der Waals surface area contributed by atoms with Gasteiger partial charge in [-0.3, -0.25) is 0 Å². The number of ether oxygens (including phenoxy) is 1. The third-order valence-corrected chi connectivity index (χ3v) is 2.41. The lowest BCUT2D eigenvalue weighted by molar-refractivity contribution is 0.389. The van der Waals surface area contributed by atoms with Gasteiger partial charge in [-0.1, -0.05) is 23.2 Å². The molecule has 1 aromatic heterocycles. The summed E-state index contributed by atoms with van der Waals surface area (Å²) in [5.74, 6) is 0.152. The molecule has 0 unspecified atom stereocenters. The molecule has 0 radical (unpaired) electrons. The van der Waals surface area contributed by atoms with Gasteiger partial charge in [0.15, 0.2) is 0 Å². The zero-order chi connectivity index (χ0) is 12.4. The average Bonchev–Trinajstić information content (AvgIpc) is 2.27. The highest BCUT2D eigenvalue weighted by molar-refractivity contribution is 6.34. The van der Waals surface area contributed by atoms with Gasteiger partial charge in [0.2, 0.25) is 5.88 Å². The van der Waals surface area contributed by atoms with Gasteiger partial charge in [-0.2, -0.15) is 14.8 Å². The van der Waals surface area contributed by atoms with E-state index in [0.29, 0.717) is 15.7 Å². The van der Waals surface area contributed by atoms with Crippen LogP contribution in [-0.2, 0) is 0 Å². The van der Waals surface area contributed by atoms with Crippen LogP contribution in [0.3, 0.4) is 0 Å². The van der Waals surface area contributed by atoms with Crippen molar-refractivity contribution in [2.75, 3.05) is 7.11 Å². The Labute approximate surface area is 107 Å². The monoisotopic (exact) mass is 271 g/mol. The van der Waals surface area contributed by atoms with Crippen molar-refractivity contribution in [1.29, 1.82) is 0 Å². The first-order valence-corrected chi connectivity index (χ1v) is 5.32. The van der Waals surface area contributed by atoms with Crippen molar-refractivity contribution in [3.63, 3.8) is 0 Å². The van der Waals surface area contributed by atoms with E-state index in [1.807, 2.05) is 0 Å². The second kappa shape index (κ2) is 4.73. The minimum absolute atomic E-state index is 0.152. The normalized spacial score (nSPS) is 10.3. The Morgan fingerprint density at radius 2 is 1.88 bits per heavy atom. The largest absolute Gasteiger partial charge is 0.480 e. The first kappa shape index (κ1) is 11.9. The van der Waals surface area contributed by atoms with Gasteiger partial charge < -0.3 is 4.74 Å². The van der Waals surface area contributed by atoms with E-state index in [4.69, 9.17) is 27.9 Å². The lowest BCUT2D eigenvalue weighted by atomic mass is 10.3. The lowest BCUT2D eigenvalue weighted by Gasteiger charge is -2.05. The minimum atomic E-state index is -0.567. The molecule has 1 aromatic carbocycles. The number of hydrogen-bond donors (Lipinski definition) is 0. The summed E-state index contributed by atoms with van der Waals surface area (Å²) in [6.45, 7) is 0. The summed E-state index contributed by atoms with van der Waals surface area (Å²) in [5.41, 5.74) is -0.120.